The molecule has 7 nitrogen and oxygen atoms in total. The number of carboxylic acids is 1. The molecule has 0 radical (unpaired) electrons. The fourth-order valence-corrected chi connectivity index (χ4v) is 2.47. The fourth-order valence-electron chi connectivity index (χ4n) is 1.76. The Morgan fingerprint density at radius 3 is 3.05 bits per heavy atom. The van der Waals surface area contributed by atoms with E-state index < -0.39 is 5.97 Å². The van der Waals surface area contributed by atoms with E-state index in [2.05, 4.69) is 10.3 Å². The van der Waals surface area contributed by atoms with Crippen molar-refractivity contribution >= 4 is 23.3 Å². The van der Waals surface area contributed by atoms with Crippen molar-refractivity contribution in [3.05, 3.63) is 16.1 Å². The molecule has 1 unspecified atom stereocenters. The minimum absolute atomic E-state index is 0.00629. The maximum Gasteiger partial charge on any atom is 0.355 e. The van der Waals surface area contributed by atoms with Crippen LogP contribution in [0.15, 0.2) is 5.38 Å². The summed E-state index contributed by atoms with van der Waals surface area (Å²) in [6, 6.07) is -0.103. The number of thiazole rings is 1. The van der Waals surface area contributed by atoms with Crippen molar-refractivity contribution < 1.29 is 19.4 Å². The monoisotopic (exact) mass is 285 g/mol. The molecule has 1 saturated heterocycles. The highest BCUT2D eigenvalue weighted by molar-refractivity contribution is 7.09. The molecule has 0 bridgehead atoms. The van der Waals surface area contributed by atoms with Gasteiger partial charge < -0.3 is 20.1 Å². The van der Waals surface area contributed by atoms with Crippen molar-refractivity contribution in [1.29, 1.82) is 0 Å². The van der Waals surface area contributed by atoms with Gasteiger partial charge in [-0.3, -0.25) is 0 Å². The Morgan fingerprint density at radius 2 is 2.47 bits per heavy atom. The molecule has 1 aromatic rings. The van der Waals surface area contributed by atoms with Gasteiger partial charge in [-0.15, -0.1) is 11.3 Å². The van der Waals surface area contributed by atoms with Gasteiger partial charge >= 0.3 is 12.0 Å². The molecule has 1 fully saturated rings. The maximum absolute atomic E-state index is 11.9. The Balaban J connectivity index is 1.83. The van der Waals surface area contributed by atoms with Gasteiger partial charge in [0.25, 0.3) is 0 Å². The van der Waals surface area contributed by atoms with Crippen molar-refractivity contribution in [2.45, 2.75) is 19.0 Å². The molecule has 0 spiro atoms. The third-order valence-corrected chi connectivity index (χ3v) is 3.78. The topological polar surface area (TPSA) is 91.8 Å². The number of rotatable bonds is 4. The van der Waals surface area contributed by atoms with Gasteiger partial charge in [0.1, 0.15) is 5.01 Å². The zero-order valence-corrected chi connectivity index (χ0v) is 11.3. The van der Waals surface area contributed by atoms with Gasteiger partial charge in [-0.25, -0.2) is 14.6 Å². The standard InChI is InChI=1S/C11H15N3O4S/c1-14(7-2-3-18-5-7)11(17)12-4-9-13-8(6-19-9)10(15)16/h6-7H,2-5H2,1H3,(H,12,17)(H,15,16). The second-order valence-corrected chi connectivity index (χ2v) is 5.16. The lowest BCUT2D eigenvalue weighted by atomic mass is 10.2. The Bertz CT molecular complexity index is 470. The van der Waals surface area contributed by atoms with Crippen LogP contribution in [0.25, 0.3) is 0 Å². The van der Waals surface area contributed by atoms with E-state index in [0.29, 0.717) is 18.2 Å². The summed E-state index contributed by atoms with van der Waals surface area (Å²) in [6.45, 7) is 1.47. The first-order valence-electron chi connectivity index (χ1n) is 5.84. The Hall–Kier alpha value is -1.67. The molecule has 8 heteroatoms. The molecule has 0 aliphatic carbocycles. The molecule has 19 heavy (non-hydrogen) atoms. The summed E-state index contributed by atoms with van der Waals surface area (Å²) in [6.07, 6.45) is 0.838. The van der Waals surface area contributed by atoms with Crippen LogP contribution >= 0.6 is 11.3 Å². The van der Waals surface area contributed by atoms with Gasteiger partial charge in [0.05, 0.1) is 19.2 Å². The molecule has 2 heterocycles. The van der Waals surface area contributed by atoms with Crippen LogP contribution in [0.3, 0.4) is 0 Å². The number of aromatic carboxylic acids is 1. The molecule has 2 amide bonds. The summed E-state index contributed by atoms with van der Waals surface area (Å²) in [7, 11) is 1.72. The predicted octanol–water partition coefficient (Wildman–Crippen LogP) is 0.772. The van der Waals surface area contributed by atoms with Crippen molar-refractivity contribution in [3.63, 3.8) is 0 Å². The van der Waals surface area contributed by atoms with Gasteiger partial charge in [0, 0.05) is 19.0 Å². The summed E-state index contributed by atoms with van der Waals surface area (Å²) in [4.78, 5) is 28.0. The number of hydrogen-bond acceptors (Lipinski definition) is 5. The third kappa shape index (κ3) is 3.42. The summed E-state index contributed by atoms with van der Waals surface area (Å²) in [5.74, 6) is -1.06. The van der Waals surface area contributed by atoms with Crippen molar-refractivity contribution in [2.24, 2.45) is 0 Å². The van der Waals surface area contributed by atoms with Gasteiger partial charge in [0.2, 0.25) is 0 Å². The first kappa shape index (κ1) is 13.8. The van der Waals surface area contributed by atoms with Crippen molar-refractivity contribution in [3.8, 4) is 0 Å². The summed E-state index contributed by atoms with van der Waals surface area (Å²) >= 11 is 1.21. The predicted molar refractivity (Wildman–Crippen MR) is 68.3 cm³/mol. The normalized spacial score (nSPS) is 18.3. The SMILES string of the molecule is CN(C(=O)NCc1nc(C(=O)O)cs1)C1CCOC1. The number of urea groups is 1. The zero-order chi connectivity index (χ0) is 13.8. The van der Waals surface area contributed by atoms with E-state index in [4.69, 9.17) is 9.84 Å². The molecule has 1 aliphatic heterocycles. The number of carboxylic acid groups (broad SMARTS) is 1. The molecular weight excluding hydrogens is 270 g/mol. The average Bonchev–Trinajstić information content (AvgIpc) is 3.05. The van der Waals surface area contributed by atoms with Crippen LogP contribution in [0.2, 0.25) is 0 Å². The molecule has 0 saturated carbocycles. The van der Waals surface area contributed by atoms with Crippen molar-refractivity contribution in [2.75, 3.05) is 20.3 Å². The van der Waals surface area contributed by atoms with Crippen LogP contribution in [0, 0.1) is 0 Å². The van der Waals surface area contributed by atoms with Crippen LogP contribution in [0.4, 0.5) is 4.79 Å². The Kier molecular flexibility index (Phi) is 4.33. The van der Waals surface area contributed by atoms with Gasteiger partial charge in [0.15, 0.2) is 5.69 Å². The smallest absolute Gasteiger partial charge is 0.355 e. The second kappa shape index (κ2) is 5.98. The van der Waals surface area contributed by atoms with Crippen molar-refractivity contribution in [1.82, 2.24) is 15.2 Å². The number of carbonyl (C=O) groups is 2. The van der Waals surface area contributed by atoms with Gasteiger partial charge in [-0.05, 0) is 6.42 Å². The van der Waals surface area contributed by atoms with Crippen LogP contribution in [-0.4, -0.2) is 53.3 Å². The number of ether oxygens (including phenoxy) is 1. The highest BCUT2D eigenvalue weighted by Gasteiger charge is 2.24. The van der Waals surface area contributed by atoms with Gasteiger partial charge in [-0.1, -0.05) is 0 Å². The third-order valence-electron chi connectivity index (χ3n) is 2.94. The average molecular weight is 285 g/mol. The lowest BCUT2D eigenvalue weighted by Gasteiger charge is -2.23. The highest BCUT2D eigenvalue weighted by atomic mass is 32.1. The number of likely N-dealkylation sites (N-methyl/N-ethyl adjacent to an activating group) is 1. The van der Waals surface area contributed by atoms with Crippen LogP contribution in [0.1, 0.15) is 21.9 Å². The molecule has 1 atom stereocenters. The molecular formula is C11H15N3O4S. The molecule has 1 aromatic heterocycles. The minimum Gasteiger partial charge on any atom is -0.476 e. The Morgan fingerprint density at radius 1 is 1.68 bits per heavy atom. The number of nitrogens with zero attached hydrogens (tertiary/aromatic N) is 2. The highest BCUT2D eigenvalue weighted by Crippen LogP contribution is 2.12. The molecule has 2 N–H and O–H groups in total. The van der Waals surface area contributed by atoms with E-state index in [1.54, 1.807) is 11.9 Å². The minimum atomic E-state index is -1.06. The lowest BCUT2D eigenvalue weighted by Crippen LogP contribution is -2.43. The number of carbonyl (C=O) groups excluding carboxylic acids is 1. The number of amides is 2. The summed E-state index contributed by atoms with van der Waals surface area (Å²) < 4.78 is 5.22. The van der Waals surface area contributed by atoms with Gasteiger partial charge in [-0.2, -0.15) is 0 Å². The van der Waals surface area contributed by atoms with Crippen LogP contribution in [-0.2, 0) is 11.3 Å². The fraction of sp³-hybridized carbons (Fsp3) is 0.545. The largest absolute Gasteiger partial charge is 0.476 e. The van der Waals surface area contributed by atoms with E-state index in [1.165, 1.54) is 16.7 Å². The number of hydrogen-bond donors (Lipinski definition) is 2. The summed E-state index contributed by atoms with van der Waals surface area (Å²) in [5, 5.41) is 13.5. The zero-order valence-electron chi connectivity index (χ0n) is 10.5. The first-order valence-corrected chi connectivity index (χ1v) is 6.72. The molecule has 0 aromatic carbocycles. The maximum atomic E-state index is 11.9. The van der Waals surface area contributed by atoms with E-state index in [-0.39, 0.29) is 24.3 Å². The van der Waals surface area contributed by atoms with E-state index in [9.17, 15) is 9.59 Å². The number of aromatic nitrogens is 1. The molecule has 2 rings (SSSR count). The summed E-state index contributed by atoms with van der Waals surface area (Å²) in [5.41, 5.74) is 0.00629. The second-order valence-electron chi connectivity index (χ2n) is 4.22. The van der Waals surface area contributed by atoms with E-state index in [1.807, 2.05) is 0 Å². The van der Waals surface area contributed by atoms with E-state index >= 15 is 0 Å². The van der Waals surface area contributed by atoms with E-state index in [0.717, 1.165) is 6.42 Å². The lowest BCUT2D eigenvalue weighted by molar-refractivity contribution is 0.0691. The Labute approximate surface area is 114 Å². The first-order chi connectivity index (χ1) is 9.08. The van der Waals surface area contributed by atoms with Crippen LogP contribution < -0.4 is 5.32 Å². The molecule has 1 aliphatic rings. The quantitative estimate of drug-likeness (QED) is 0.852. The number of nitrogens with one attached hydrogen (secondary N) is 1. The van der Waals surface area contributed by atoms with Crippen LogP contribution in [0.5, 0.6) is 0 Å². The molecule has 104 valence electrons.